The quantitative estimate of drug-likeness (QED) is 0.522. The average molecular weight is 336 g/mol. The minimum absolute atomic E-state index is 0.211. The van der Waals surface area contributed by atoms with Crippen LogP contribution in [0.4, 0.5) is 5.69 Å². The first kappa shape index (κ1) is 20.3. The summed E-state index contributed by atoms with van der Waals surface area (Å²) in [5.74, 6) is 0.517. The third kappa shape index (κ3) is 5.71. The summed E-state index contributed by atoms with van der Waals surface area (Å²) in [5, 5.41) is 0. The fourth-order valence-electron chi connectivity index (χ4n) is 2.79. The molecule has 1 aromatic rings. The van der Waals surface area contributed by atoms with Crippen LogP contribution in [0, 0.1) is 5.92 Å². The van der Waals surface area contributed by atoms with Crippen LogP contribution in [-0.4, -0.2) is 43.2 Å². The highest BCUT2D eigenvalue weighted by atomic mass is 16.5. The molecule has 0 heterocycles. The molecule has 0 aliphatic rings. The van der Waals surface area contributed by atoms with Gasteiger partial charge in [0, 0.05) is 17.8 Å². The van der Waals surface area contributed by atoms with Crippen LogP contribution in [-0.2, 0) is 4.74 Å². The Morgan fingerprint density at radius 2 is 1.96 bits per heavy atom. The molecule has 5 nitrogen and oxygen atoms in total. The highest BCUT2D eigenvalue weighted by Gasteiger charge is 2.23. The lowest BCUT2D eigenvalue weighted by Crippen LogP contribution is -2.43. The van der Waals surface area contributed by atoms with Crippen molar-refractivity contribution >= 4 is 11.7 Å². The highest BCUT2D eigenvalue weighted by molar-refractivity contribution is 5.93. The van der Waals surface area contributed by atoms with Crippen LogP contribution in [0.25, 0.3) is 0 Å². The normalized spacial score (nSPS) is 12.5. The summed E-state index contributed by atoms with van der Waals surface area (Å²) in [6.45, 7) is 13.3. The number of nitrogen functional groups attached to an aromatic ring is 1. The molecule has 136 valence electrons. The van der Waals surface area contributed by atoms with E-state index in [9.17, 15) is 4.79 Å². The van der Waals surface area contributed by atoms with E-state index < -0.39 is 0 Å². The number of nitrogens with two attached hydrogens (primary N) is 1. The van der Waals surface area contributed by atoms with Gasteiger partial charge in [0.2, 0.25) is 0 Å². The monoisotopic (exact) mass is 336 g/mol. The number of benzene rings is 1. The first-order valence-electron chi connectivity index (χ1n) is 8.87. The summed E-state index contributed by atoms with van der Waals surface area (Å²) < 4.78 is 11.1. The predicted molar refractivity (Wildman–Crippen MR) is 98.5 cm³/mol. The molecule has 1 aromatic carbocycles. The molecule has 1 unspecified atom stereocenters. The molecule has 0 fully saturated rings. The number of carbonyl (C=O) groups excluding carboxylic acids is 1. The van der Waals surface area contributed by atoms with Gasteiger partial charge in [-0.25, -0.2) is 4.79 Å². The van der Waals surface area contributed by atoms with Crippen molar-refractivity contribution in [3.05, 3.63) is 23.8 Å². The van der Waals surface area contributed by atoms with E-state index in [-0.39, 0.29) is 12.0 Å². The second-order valence-electron chi connectivity index (χ2n) is 6.23. The van der Waals surface area contributed by atoms with Crippen LogP contribution in [0.5, 0.6) is 5.75 Å². The van der Waals surface area contributed by atoms with Crippen molar-refractivity contribution in [3.63, 3.8) is 0 Å². The third-order valence-corrected chi connectivity index (χ3v) is 4.07. The van der Waals surface area contributed by atoms with Gasteiger partial charge in [-0.05, 0) is 44.5 Å². The van der Waals surface area contributed by atoms with Gasteiger partial charge in [-0.1, -0.05) is 27.7 Å². The van der Waals surface area contributed by atoms with Crippen molar-refractivity contribution < 1.29 is 14.3 Å². The maximum atomic E-state index is 12.5. The zero-order valence-electron chi connectivity index (χ0n) is 15.7. The van der Waals surface area contributed by atoms with E-state index in [1.54, 1.807) is 18.2 Å². The summed E-state index contributed by atoms with van der Waals surface area (Å²) in [5.41, 5.74) is 6.76. The Hall–Kier alpha value is -1.75. The van der Waals surface area contributed by atoms with Crippen LogP contribution >= 0.6 is 0 Å². The molecule has 0 saturated carbocycles. The fraction of sp³-hybridized carbons (Fsp3) is 0.632. The van der Waals surface area contributed by atoms with Crippen molar-refractivity contribution in [2.75, 3.05) is 32.0 Å². The molecule has 0 aromatic heterocycles. The minimum atomic E-state index is -0.364. The van der Waals surface area contributed by atoms with Gasteiger partial charge in [-0.2, -0.15) is 0 Å². The predicted octanol–water partition coefficient (Wildman–Crippen LogP) is 3.58. The van der Waals surface area contributed by atoms with Crippen LogP contribution in [0.2, 0.25) is 0 Å². The van der Waals surface area contributed by atoms with E-state index in [1.807, 2.05) is 6.92 Å². The number of likely N-dealkylation sites (N-methyl/N-ethyl adjacent to an activating group) is 1. The molecular formula is C19H32N2O3. The molecule has 5 heteroatoms. The van der Waals surface area contributed by atoms with Gasteiger partial charge in [0.1, 0.15) is 17.9 Å². The van der Waals surface area contributed by atoms with Gasteiger partial charge in [-0.15, -0.1) is 0 Å². The van der Waals surface area contributed by atoms with E-state index in [0.717, 1.165) is 19.5 Å². The van der Waals surface area contributed by atoms with Gasteiger partial charge < -0.3 is 15.2 Å². The lowest BCUT2D eigenvalue weighted by atomic mass is 10.0. The summed E-state index contributed by atoms with van der Waals surface area (Å²) in [4.78, 5) is 14.9. The number of hydrogen-bond acceptors (Lipinski definition) is 5. The second kappa shape index (κ2) is 10.2. The molecule has 24 heavy (non-hydrogen) atoms. The number of esters is 1. The largest absolute Gasteiger partial charge is 0.493 e. The number of nitrogens with zero attached hydrogens (tertiary/aromatic N) is 1. The molecule has 0 bridgehead atoms. The molecule has 0 aliphatic heterocycles. The van der Waals surface area contributed by atoms with Crippen molar-refractivity contribution in [2.45, 2.75) is 47.1 Å². The zero-order valence-corrected chi connectivity index (χ0v) is 15.7. The van der Waals surface area contributed by atoms with Gasteiger partial charge in [0.05, 0.1) is 6.61 Å². The van der Waals surface area contributed by atoms with Crippen LogP contribution in [0.3, 0.4) is 0 Å². The Morgan fingerprint density at radius 1 is 1.25 bits per heavy atom. The highest BCUT2D eigenvalue weighted by Crippen LogP contribution is 2.23. The van der Waals surface area contributed by atoms with Crippen molar-refractivity contribution in [2.24, 2.45) is 5.92 Å². The smallest absolute Gasteiger partial charge is 0.341 e. The molecule has 0 radical (unpaired) electrons. The van der Waals surface area contributed by atoms with Crippen molar-refractivity contribution in [3.8, 4) is 5.75 Å². The Bertz CT molecular complexity index is 517. The molecule has 0 spiro atoms. The molecule has 0 amide bonds. The Morgan fingerprint density at radius 3 is 2.50 bits per heavy atom. The van der Waals surface area contributed by atoms with Gasteiger partial charge in [0.15, 0.2) is 0 Å². The lowest BCUT2D eigenvalue weighted by molar-refractivity contribution is 0.0278. The zero-order chi connectivity index (χ0) is 18.1. The Kier molecular flexibility index (Phi) is 8.61. The first-order valence-corrected chi connectivity index (χ1v) is 8.87. The summed E-state index contributed by atoms with van der Waals surface area (Å²) in [7, 11) is 0. The standard InChI is InChI=1S/C19H32N2O3/c1-6-11-21(7-2)17(14(4)5)13-24-19(22)16-10-9-15(20)12-18(16)23-8-3/h9-10,12,14,17H,6-8,11,13,20H2,1-5H3. The number of hydrogen-bond donors (Lipinski definition) is 1. The van der Waals surface area contributed by atoms with E-state index in [0.29, 0.717) is 36.1 Å². The maximum Gasteiger partial charge on any atom is 0.341 e. The third-order valence-electron chi connectivity index (χ3n) is 4.07. The second-order valence-corrected chi connectivity index (χ2v) is 6.23. The van der Waals surface area contributed by atoms with Crippen LogP contribution in [0.15, 0.2) is 18.2 Å². The molecule has 2 N–H and O–H groups in total. The van der Waals surface area contributed by atoms with E-state index in [4.69, 9.17) is 15.2 Å². The molecule has 0 saturated heterocycles. The van der Waals surface area contributed by atoms with Gasteiger partial charge >= 0.3 is 5.97 Å². The number of ether oxygens (including phenoxy) is 2. The Labute approximate surface area is 146 Å². The lowest BCUT2D eigenvalue weighted by Gasteiger charge is -2.33. The molecule has 1 atom stereocenters. The molecule has 0 aliphatic carbocycles. The SMILES string of the molecule is CCCN(CC)C(COC(=O)c1ccc(N)cc1OCC)C(C)C. The average Bonchev–Trinajstić information content (AvgIpc) is 2.54. The van der Waals surface area contributed by atoms with Gasteiger partial charge in [-0.3, -0.25) is 4.90 Å². The van der Waals surface area contributed by atoms with E-state index >= 15 is 0 Å². The van der Waals surface area contributed by atoms with Crippen LogP contribution < -0.4 is 10.5 Å². The topological polar surface area (TPSA) is 64.8 Å². The van der Waals surface area contributed by atoms with E-state index in [1.165, 1.54) is 0 Å². The maximum absolute atomic E-state index is 12.5. The summed E-state index contributed by atoms with van der Waals surface area (Å²) in [6, 6.07) is 5.23. The minimum Gasteiger partial charge on any atom is -0.493 e. The first-order chi connectivity index (χ1) is 11.4. The number of anilines is 1. The molecular weight excluding hydrogens is 304 g/mol. The Balaban J connectivity index is 2.82. The fourth-order valence-corrected chi connectivity index (χ4v) is 2.79. The van der Waals surface area contributed by atoms with Crippen molar-refractivity contribution in [1.82, 2.24) is 4.90 Å². The van der Waals surface area contributed by atoms with E-state index in [2.05, 4.69) is 32.6 Å². The number of rotatable bonds is 10. The number of carbonyl (C=O) groups is 1. The van der Waals surface area contributed by atoms with Gasteiger partial charge in [0.25, 0.3) is 0 Å². The van der Waals surface area contributed by atoms with Crippen molar-refractivity contribution in [1.29, 1.82) is 0 Å². The summed E-state index contributed by atoms with van der Waals surface area (Å²) >= 11 is 0. The molecule has 1 rings (SSSR count). The van der Waals surface area contributed by atoms with Crippen LogP contribution in [0.1, 0.15) is 51.4 Å². The summed E-state index contributed by atoms with van der Waals surface area (Å²) in [6.07, 6.45) is 1.08.